The van der Waals surface area contributed by atoms with Gasteiger partial charge in [0.1, 0.15) is 0 Å². The number of carbonyl (C=O) groups is 1. The molecule has 3 heterocycles. The predicted molar refractivity (Wildman–Crippen MR) is 128 cm³/mol. The Bertz CT molecular complexity index is 1010. The zero-order valence-electron chi connectivity index (χ0n) is 19.6. The highest BCUT2D eigenvalue weighted by molar-refractivity contribution is 5.90. The summed E-state index contributed by atoms with van der Waals surface area (Å²) in [7, 11) is 0. The topological polar surface area (TPSA) is 60.7 Å². The fraction of sp³-hybridized carbons (Fsp3) is 0.577. The molecule has 2 aliphatic heterocycles. The van der Waals surface area contributed by atoms with Crippen LogP contribution in [0.25, 0.3) is 10.9 Å². The molecule has 2 aliphatic rings. The molecule has 0 spiro atoms. The van der Waals surface area contributed by atoms with Crippen molar-refractivity contribution in [1.82, 2.24) is 19.7 Å². The van der Waals surface area contributed by atoms with Gasteiger partial charge in [-0.15, -0.1) is 5.92 Å². The third-order valence-corrected chi connectivity index (χ3v) is 6.75. The molecule has 0 saturated carbocycles. The van der Waals surface area contributed by atoms with Gasteiger partial charge in [0.25, 0.3) is 0 Å². The van der Waals surface area contributed by atoms with Gasteiger partial charge in [0, 0.05) is 55.9 Å². The van der Waals surface area contributed by atoms with Crippen LogP contribution in [0.5, 0.6) is 0 Å². The number of β-amino-alcohol motifs (C(OH)–C–C–N with tert-alkyl or cyclic N) is 1. The van der Waals surface area contributed by atoms with Crippen LogP contribution in [0.4, 0.5) is 0 Å². The quantitative estimate of drug-likeness (QED) is 0.683. The zero-order valence-corrected chi connectivity index (χ0v) is 19.6. The molecular formula is C26H36N4O2. The summed E-state index contributed by atoms with van der Waals surface area (Å²) >= 11 is 0. The molecule has 2 N–H and O–H groups in total. The van der Waals surface area contributed by atoms with E-state index in [-0.39, 0.29) is 24.6 Å². The molecule has 1 aromatic carbocycles. The van der Waals surface area contributed by atoms with Crippen LogP contribution in [0.1, 0.15) is 44.4 Å². The molecule has 0 bridgehead atoms. The first-order valence-corrected chi connectivity index (χ1v) is 11.9. The number of hydrogen-bond donors (Lipinski definition) is 2. The van der Waals surface area contributed by atoms with Crippen LogP contribution in [0.2, 0.25) is 0 Å². The van der Waals surface area contributed by atoms with Gasteiger partial charge >= 0.3 is 0 Å². The van der Waals surface area contributed by atoms with E-state index in [1.54, 1.807) is 0 Å². The molecule has 6 nitrogen and oxygen atoms in total. The third-order valence-electron chi connectivity index (χ3n) is 6.75. The summed E-state index contributed by atoms with van der Waals surface area (Å²) in [5.74, 6) is 6.92. The van der Waals surface area contributed by atoms with Gasteiger partial charge in [0.15, 0.2) is 0 Å². The molecule has 0 radical (unpaired) electrons. The number of aliphatic hydroxyl groups excluding tert-OH is 1. The number of nitrogens with one attached hydrogen (secondary N) is 1. The first kappa shape index (κ1) is 22.8. The average molecular weight is 437 g/mol. The standard InChI is InChI=1S/C26H36N4O2/c1-4-5-9-30-18-20-17-23(26(32)29-12-10-28(11-13-29)14-15-31)27-22(16-19(2)3)21-7-6-8-24(30)25(20)21/h6-8,18-19,22-23,27,31H,9-17H2,1-3H3/t22-,23-/m0/s1. The summed E-state index contributed by atoms with van der Waals surface area (Å²) in [5.41, 5.74) is 3.75. The molecule has 1 aromatic heterocycles. The summed E-state index contributed by atoms with van der Waals surface area (Å²) < 4.78 is 2.23. The highest BCUT2D eigenvalue weighted by Gasteiger charge is 2.34. The number of hydrogen-bond acceptors (Lipinski definition) is 4. The summed E-state index contributed by atoms with van der Waals surface area (Å²) in [4.78, 5) is 17.8. The van der Waals surface area contributed by atoms with Crippen molar-refractivity contribution < 1.29 is 9.90 Å². The van der Waals surface area contributed by atoms with Gasteiger partial charge in [0.05, 0.1) is 19.2 Å². The molecule has 172 valence electrons. The Balaban J connectivity index is 1.64. The molecule has 2 aromatic rings. The molecular weight excluding hydrogens is 400 g/mol. The monoisotopic (exact) mass is 436 g/mol. The largest absolute Gasteiger partial charge is 0.395 e. The maximum atomic E-state index is 13.6. The van der Waals surface area contributed by atoms with Crippen molar-refractivity contribution in [3.8, 4) is 11.8 Å². The predicted octanol–water partition coefficient (Wildman–Crippen LogP) is 2.40. The van der Waals surface area contributed by atoms with Crippen LogP contribution in [0, 0.1) is 17.8 Å². The van der Waals surface area contributed by atoms with Gasteiger partial charge in [0.2, 0.25) is 5.91 Å². The smallest absolute Gasteiger partial charge is 0.240 e. The Morgan fingerprint density at radius 2 is 2.03 bits per heavy atom. The maximum absolute atomic E-state index is 13.6. The number of piperazine rings is 1. The van der Waals surface area contributed by atoms with E-state index in [0.717, 1.165) is 32.6 Å². The second kappa shape index (κ2) is 10.1. The Hall–Kier alpha value is -2.33. The van der Waals surface area contributed by atoms with Gasteiger partial charge in [-0.2, -0.15) is 0 Å². The van der Waals surface area contributed by atoms with Crippen molar-refractivity contribution >= 4 is 16.8 Å². The summed E-state index contributed by atoms with van der Waals surface area (Å²) in [6.45, 7) is 11.0. The number of rotatable bonds is 6. The Kier molecular flexibility index (Phi) is 7.20. The third kappa shape index (κ3) is 4.71. The van der Waals surface area contributed by atoms with Crippen LogP contribution < -0.4 is 5.32 Å². The number of aliphatic hydroxyl groups is 1. The Labute approximate surface area is 191 Å². The molecule has 1 saturated heterocycles. The van der Waals surface area contributed by atoms with Crippen molar-refractivity contribution in [3.05, 3.63) is 35.5 Å². The van der Waals surface area contributed by atoms with Gasteiger partial charge in [-0.1, -0.05) is 31.9 Å². The van der Waals surface area contributed by atoms with E-state index in [2.05, 4.69) is 64.9 Å². The van der Waals surface area contributed by atoms with Crippen molar-refractivity contribution in [2.24, 2.45) is 5.92 Å². The Morgan fingerprint density at radius 1 is 1.25 bits per heavy atom. The first-order valence-electron chi connectivity index (χ1n) is 11.9. The van der Waals surface area contributed by atoms with Gasteiger partial charge < -0.3 is 14.6 Å². The van der Waals surface area contributed by atoms with Crippen LogP contribution in [0.3, 0.4) is 0 Å². The van der Waals surface area contributed by atoms with E-state index in [4.69, 9.17) is 0 Å². The van der Waals surface area contributed by atoms with E-state index in [9.17, 15) is 9.90 Å². The SMILES string of the molecule is CC#CCn1cc2c3c(cccc31)[C@H](CC(C)C)N[C@H](C(=O)N1CCN(CCO)CC1)C2. The van der Waals surface area contributed by atoms with Crippen molar-refractivity contribution in [2.75, 3.05) is 39.3 Å². The number of benzene rings is 1. The molecule has 32 heavy (non-hydrogen) atoms. The lowest BCUT2D eigenvalue weighted by atomic mass is 9.94. The minimum absolute atomic E-state index is 0.151. The minimum Gasteiger partial charge on any atom is -0.395 e. The maximum Gasteiger partial charge on any atom is 0.240 e. The summed E-state index contributed by atoms with van der Waals surface area (Å²) in [6, 6.07) is 6.45. The minimum atomic E-state index is -0.230. The molecule has 0 unspecified atom stereocenters. The van der Waals surface area contributed by atoms with Gasteiger partial charge in [-0.25, -0.2) is 0 Å². The average Bonchev–Trinajstić information content (AvgIpc) is 3.06. The van der Waals surface area contributed by atoms with Crippen LogP contribution in [-0.4, -0.2) is 70.8 Å². The number of aromatic nitrogens is 1. The fourth-order valence-corrected chi connectivity index (χ4v) is 5.20. The molecule has 1 amide bonds. The van der Waals surface area contributed by atoms with Crippen molar-refractivity contribution in [1.29, 1.82) is 0 Å². The first-order chi connectivity index (χ1) is 15.5. The normalized spacial score (nSPS) is 21.5. The molecule has 0 aliphatic carbocycles. The number of carbonyl (C=O) groups excluding carboxylic acids is 1. The Morgan fingerprint density at radius 3 is 2.72 bits per heavy atom. The van der Waals surface area contributed by atoms with E-state index in [1.807, 2.05) is 11.8 Å². The van der Waals surface area contributed by atoms with E-state index in [0.29, 0.717) is 25.4 Å². The van der Waals surface area contributed by atoms with Crippen LogP contribution in [-0.2, 0) is 17.8 Å². The lowest BCUT2D eigenvalue weighted by molar-refractivity contribution is -0.135. The molecule has 2 atom stereocenters. The van der Waals surface area contributed by atoms with Gasteiger partial charge in [-0.05, 0) is 42.9 Å². The number of nitrogens with zero attached hydrogens (tertiary/aromatic N) is 3. The highest BCUT2D eigenvalue weighted by Crippen LogP contribution is 2.36. The lowest BCUT2D eigenvalue weighted by Gasteiger charge is -2.37. The van der Waals surface area contributed by atoms with E-state index < -0.39 is 0 Å². The van der Waals surface area contributed by atoms with Crippen LogP contribution >= 0.6 is 0 Å². The van der Waals surface area contributed by atoms with Crippen LogP contribution in [0.15, 0.2) is 24.4 Å². The van der Waals surface area contributed by atoms with E-state index >= 15 is 0 Å². The highest BCUT2D eigenvalue weighted by atomic mass is 16.3. The lowest BCUT2D eigenvalue weighted by Crippen LogP contribution is -2.55. The second-order valence-corrected chi connectivity index (χ2v) is 9.45. The fourth-order valence-electron chi connectivity index (χ4n) is 5.20. The summed E-state index contributed by atoms with van der Waals surface area (Å²) in [6.07, 6.45) is 3.90. The second-order valence-electron chi connectivity index (χ2n) is 9.45. The summed E-state index contributed by atoms with van der Waals surface area (Å²) in [5, 5.41) is 14.3. The van der Waals surface area contributed by atoms with Gasteiger partial charge in [-0.3, -0.25) is 15.0 Å². The molecule has 4 rings (SSSR count). The van der Waals surface area contributed by atoms with Crippen molar-refractivity contribution in [2.45, 2.75) is 52.2 Å². The molecule has 6 heteroatoms. The molecule has 1 fully saturated rings. The number of amides is 1. The zero-order chi connectivity index (χ0) is 22.7. The van der Waals surface area contributed by atoms with E-state index in [1.165, 1.54) is 22.0 Å². The van der Waals surface area contributed by atoms with Crippen molar-refractivity contribution in [3.63, 3.8) is 0 Å².